The smallest absolute Gasteiger partial charge is 0.335 e. The van der Waals surface area contributed by atoms with E-state index in [1.54, 1.807) is 6.92 Å². The Kier molecular flexibility index (Phi) is 2.07. The fourth-order valence-corrected chi connectivity index (χ4v) is 1.47. The summed E-state index contributed by atoms with van der Waals surface area (Å²) in [6.07, 6.45) is 0. The molecule has 0 radical (unpaired) electrons. The molecule has 0 unspecified atom stereocenters. The van der Waals surface area contributed by atoms with Crippen LogP contribution in [-0.2, 0) is 4.79 Å². The van der Waals surface area contributed by atoms with Crippen LogP contribution in [0, 0.1) is 6.92 Å². The van der Waals surface area contributed by atoms with Crippen molar-refractivity contribution in [1.82, 2.24) is 0 Å². The number of carbonyl (C=O) groups excluding carboxylic acids is 1. The summed E-state index contributed by atoms with van der Waals surface area (Å²) in [4.78, 5) is 21.8. The number of aromatic carboxylic acids is 1. The Bertz CT molecular complexity index is 453. The van der Waals surface area contributed by atoms with Crippen LogP contribution in [0.2, 0.25) is 0 Å². The lowest BCUT2D eigenvalue weighted by Gasteiger charge is -2.20. The molecule has 0 fully saturated rings. The van der Waals surface area contributed by atoms with Crippen molar-refractivity contribution in [2.24, 2.45) is 0 Å². The SMILES string of the molecule is Cc1cc(C(=O)O)cc2c1NC(=O)CO2. The first kappa shape index (κ1) is 9.51. The molecule has 2 rings (SSSR count). The molecule has 5 nitrogen and oxygen atoms in total. The molecule has 0 aromatic heterocycles. The number of hydrogen-bond donors (Lipinski definition) is 2. The molecule has 1 aromatic carbocycles. The zero-order valence-electron chi connectivity index (χ0n) is 8.03. The van der Waals surface area contributed by atoms with E-state index in [1.807, 2.05) is 0 Å². The van der Waals surface area contributed by atoms with Gasteiger partial charge in [-0.1, -0.05) is 0 Å². The summed E-state index contributed by atoms with van der Waals surface area (Å²) in [5.41, 5.74) is 1.39. The molecule has 0 saturated carbocycles. The molecular weight excluding hydrogens is 198 g/mol. The van der Waals surface area contributed by atoms with Crippen molar-refractivity contribution in [3.63, 3.8) is 0 Å². The summed E-state index contributed by atoms with van der Waals surface area (Å²) in [6, 6.07) is 2.90. The van der Waals surface area contributed by atoms with E-state index < -0.39 is 5.97 Å². The Labute approximate surface area is 85.7 Å². The van der Waals surface area contributed by atoms with Gasteiger partial charge in [0.05, 0.1) is 11.3 Å². The number of fused-ring (bicyclic) bond motifs is 1. The molecule has 5 heteroatoms. The Morgan fingerprint density at radius 1 is 1.53 bits per heavy atom. The monoisotopic (exact) mass is 207 g/mol. The molecule has 2 N–H and O–H groups in total. The van der Waals surface area contributed by atoms with Crippen molar-refractivity contribution in [2.75, 3.05) is 11.9 Å². The highest BCUT2D eigenvalue weighted by molar-refractivity contribution is 5.98. The fourth-order valence-electron chi connectivity index (χ4n) is 1.47. The largest absolute Gasteiger partial charge is 0.482 e. The molecule has 0 spiro atoms. The summed E-state index contributed by atoms with van der Waals surface area (Å²) >= 11 is 0. The van der Waals surface area contributed by atoms with Crippen LogP contribution in [0.3, 0.4) is 0 Å². The number of rotatable bonds is 1. The quantitative estimate of drug-likeness (QED) is 0.721. The Balaban J connectivity index is 2.52. The third kappa shape index (κ3) is 1.63. The van der Waals surface area contributed by atoms with Gasteiger partial charge >= 0.3 is 5.97 Å². The Hall–Kier alpha value is -2.04. The number of benzene rings is 1. The lowest BCUT2D eigenvalue weighted by atomic mass is 10.1. The number of aryl methyl sites for hydroxylation is 1. The minimum Gasteiger partial charge on any atom is -0.482 e. The van der Waals surface area contributed by atoms with E-state index in [0.29, 0.717) is 17.0 Å². The van der Waals surface area contributed by atoms with Gasteiger partial charge in [-0.15, -0.1) is 0 Å². The second-order valence-electron chi connectivity index (χ2n) is 3.31. The first-order valence-corrected chi connectivity index (χ1v) is 4.38. The van der Waals surface area contributed by atoms with E-state index in [0.717, 1.165) is 0 Å². The van der Waals surface area contributed by atoms with Crippen LogP contribution >= 0.6 is 0 Å². The highest BCUT2D eigenvalue weighted by Gasteiger charge is 2.19. The molecule has 0 atom stereocenters. The number of carboxylic acids is 1. The zero-order chi connectivity index (χ0) is 11.0. The average molecular weight is 207 g/mol. The van der Waals surface area contributed by atoms with Crippen LogP contribution in [0.15, 0.2) is 12.1 Å². The highest BCUT2D eigenvalue weighted by atomic mass is 16.5. The molecule has 1 aliphatic rings. The molecule has 78 valence electrons. The second kappa shape index (κ2) is 3.27. The molecular formula is C10H9NO4. The summed E-state index contributed by atoms with van der Waals surface area (Å²) < 4.78 is 5.13. The zero-order valence-corrected chi connectivity index (χ0v) is 8.03. The number of nitrogens with one attached hydrogen (secondary N) is 1. The van der Waals surface area contributed by atoms with Gasteiger partial charge in [0.1, 0.15) is 5.75 Å². The number of hydrogen-bond acceptors (Lipinski definition) is 3. The molecule has 15 heavy (non-hydrogen) atoms. The molecule has 1 aromatic rings. The second-order valence-corrected chi connectivity index (χ2v) is 3.31. The van der Waals surface area contributed by atoms with Gasteiger partial charge in [-0.3, -0.25) is 4.79 Å². The van der Waals surface area contributed by atoms with E-state index in [4.69, 9.17) is 9.84 Å². The highest BCUT2D eigenvalue weighted by Crippen LogP contribution is 2.32. The maximum atomic E-state index is 11.0. The van der Waals surface area contributed by atoms with Crippen molar-refractivity contribution >= 4 is 17.6 Å². The molecule has 1 amide bonds. The third-order valence-corrected chi connectivity index (χ3v) is 2.17. The van der Waals surface area contributed by atoms with Gasteiger partial charge < -0.3 is 15.2 Å². The van der Waals surface area contributed by atoms with Crippen molar-refractivity contribution in [1.29, 1.82) is 0 Å². The van der Waals surface area contributed by atoms with Gasteiger partial charge in [-0.05, 0) is 24.6 Å². The normalized spacial score (nSPS) is 13.8. The van der Waals surface area contributed by atoms with Crippen LogP contribution in [0.1, 0.15) is 15.9 Å². The standard InChI is InChI=1S/C10H9NO4/c1-5-2-6(10(13)14)3-7-9(5)11-8(12)4-15-7/h2-3H,4H2,1H3,(H,11,12)(H,13,14). The number of ether oxygens (including phenoxy) is 1. The first-order valence-electron chi connectivity index (χ1n) is 4.38. The number of anilines is 1. The van der Waals surface area contributed by atoms with E-state index in [1.165, 1.54) is 12.1 Å². The van der Waals surface area contributed by atoms with Gasteiger partial charge in [0, 0.05) is 0 Å². The van der Waals surface area contributed by atoms with Crippen LogP contribution in [0.4, 0.5) is 5.69 Å². The Morgan fingerprint density at radius 3 is 2.93 bits per heavy atom. The fraction of sp³-hybridized carbons (Fsp3) is 0.200. The number of carbonyl (C=O) groups is 2. The molecule has 0 saturated heterocycles. The van der Waals surface area contributed by atoms with Crippen molar-refractivity contribution in [2.45, 2.75) is 6.92 Å². The third-order valence-electron chi connectivity index (χ3n) is 2.17. The minimum atomic E-state index is -1.01. The lowest BCUT2D eigenvalue weighted by molar-refractivity contribution is -0.118. The minimum absolute atomic E-state index is 0.0739. The van der Waals surface area contributed by atoms with Crippen molar-refractivity contribution < 1.29 is 19.4 Å². The average Bonchev–Trinajstić information content (AvgIpc) is 2.18. The molecule has 1 aliphatic heterocycles. The summed E-state index contributed by atoms with van der Waals surface area (Å²) in [6.45, 7) is 1.65. The topological polar surface area (TPSA) is 75.6 Å². The lowest BCUT2D eigenvalue weighted by Crippen LogP contribution is -2.26. The van der Waals surface area contributed by atoms with Gasteiger partial charge in [-0.25, -0.2) is 4.79 Å². The van der Waals surface area contributed by atoms with Gasteiger partial charge in [0.15, 0.2) is 6.61 Å². The maximum Gasteiger partial charge on any atom is 0.335 e. The van der Waals surface area contributed by atoms with E-state index >= 15 is 0 Å². The van der Waals surface area contributed by atoms with Crippen molar-refractivity contribution in [3.05, 3.63) is 23.3 Å². The van der Waals surface area contributed by atoms with Crippen LogP contribution < -0.4 is 10.1 Å². The summed E-state index contributed by atoms with van der Waals surface area (Å²) in [5, 5.41) is 11.5. The van der Waals surface area contributed by atoms with Gasteiger partial charge in [-0.2, -0.15) is 0 Å². The Morgan fingerprint density at radius 2 is 2.27 bits per heavy atom. The van der Waals surface area contributed by atoms with Crippen LogP contribution in [0.25, 0.3) is 0 Å². The van der Waals surface area contributed by atoms with Crippen LogP contribution in [-0.4, -0.2) is 23.6 Å². The van der Waals surface area contributed by atoms with Crippen molar-refractivity contribution in [3.8, 4) is 5.75 Å². The maximum absolute atomic E-state index is 11.0. The van der Waals surface area contributed by atoms with Gasteiger partial charge in [0.2, 0.25) is 0 Å². The summed E-state index contributed by atoms with van der Waals surface area (Å²) in [7, 11) is 0. The van der Waals surface area contributed by atoms with E-state index in [-0.39, 0.29) is 18.1 Å². The van der Waals surface area contributed by atoms with Gasteiger partial charge in [0.25, 0.3) is 5.91 Å². The predicted octanol–water partition coefficient (Wildman–Crippen LogP) is 1.02. The number of amides is 1. The van der Waals surface area contributed by atoms with E-state index in [2.05, 4.69) is 5.32 Å². The first-order chi connectivity index (χ1) is 7.08. The van der Waals surface area contributed by atoms with Crippen LogP contribution in [0.5, 0.6) is 5.75 Å². The molecule has 0 aliphatic carbocycles. The summed E-state index contributed by atoms with van der Waals surface area (Å²) in [5.74, 6) is -0.831. The van der Waals surface area contributed by atoms with E-state index in [9.17, 15) is 9.59 Å². The predicted molar refractivity (Wildman–Crippen MR) is 52.3 cm³/mol. The number of carboxylic acid groups (broad SMARTS) is 1. The molecule has 1 heterocycles. The molecule has 0 bridgehead atoms.